The van der Waals surface area contributed by atoms with Crippen LogP contribution in [0.1, 0.15) is 37.1 Å². The largest absolute Gasteiger partial charge is 0.383 e. The highest BCUT2D eigenvalue weighted by atomic mass is 15.2. The number of piperidine rings is 1. The lowest BCUT2D eigenvalue weighted by atomic mass is 10.0. The number of hydrogen-bond acceptors (Lipinski definition) is 10. The number of benzene rings is 1. The second kappa shape index (κ2) is 11.7. The van der Waals surface area contributed by atoms with E-state index in [1.54, 1.807) is 12.4 Å². The average Bonchev–Trinajstić information content (AvgIpc) is 3.71. The summed E-state index contributed by atoms with van der Waals surface area (Å²) in [7, 11) is 0. The second-order valence-electron chi connectivity index (χ2n) is 11.2. The number of fused-ring (bicyclic) bond motifs is 1. The van der Waals surface area contributed by atoms with Crippen LogP contribution in [0.4, 0.5) is 17.5 Å². The number of aromatic nitrogens is 6. The number of nitrogen functional groups attached to an aromatic ring is 1. The third-order valence-corrected chi connectivity index (χ3v) is 8.30. The SMILES string of the molecule is N#Cc1nccc(NC2CCN(Cc3ccc(-n4c(-c5cccnc5N)nc5ccc(N6CCCC6)nc54)cc3)CC2)n1. The molecule has 5 aromatic rings. The number of rotatable bonds is 7. The second-order valence-corrected chi connectivity index (χ2v) is 11.2. The summed E-state index contributed by atoms with van der Waals surface area (Å²) in [5.74, 6) is 3.06. The lowest BCUT2D eigenvalue weighted by Crippen LogP contribution is -2.38. The van der Waals surface area contributed by atoms with Crippen LogP contribution in [0.3, 0.4) is 0 Å². The zero-order chi connectivity index (χ0) is 29.2. The summed E-state index contributed by atoms with van der Waals surface area (Å²) < 4.78 is 2.11. The molecule has 0 unspecified atom stereocenters. The summed E-state index contributed by atoms with van der Waals surface area (Å²) in [6, 6.07) is 20.8. The predicted molar refractivity (Wildman–Crippen MR) is 167 cm³/mol. The quantitative estimate of drug-likeness (QED) is 0.289. The molecule has 11 heteroatoms. The van der Waals surface area contributed by atoms with E-state index in [9.17, 15) is 0 Å². The number of nitrogens with two attached hydrogens (primary N) is 1. The van der Waals surface area contributed by atoms with Gasteiger partial charge in [0.05, 0.1) is 5.56 Å². The fourth-order valence-electron chi connectivity index (χ4n) is 6.05. The first-order chi connectivity index (χ1) is 21.1. The van der Waals surface area contributed by atoms with Gasteiger partial charge in [-0.1, -0.05) is 12.1 Å². The number of imidazole rings is 1. The lowest BCUT2D eigenvalue weighted by molar-refractivity contribution is 0.211. The summed E-state index contributed by atoms with van der Waals surface area (Å²) in [4.78, 5) is 27.4. The van der Waals surface area contributed by atoms with E-state index in [4.69, 9.17) is 21.0 Å². The molecular formula is C32H33N11. The molecule has 1 aromatic carbocycles. The van der Waals surface area contributed by atoms with Gasteiger partial charge >= 0.3 is 0 Å². The van der Waals surface area contributed by atoms with Gasteiger partial charge in [0.25, 0.3) is 0 Å². The van der Waals surface area contributed by atoms with E-state index in [-0.39, 0.29) is 5.82 Å². The molecule has 0 aliphatic carbocycles. The number of nitrogens with one attached hydrogen (secondary N) is 1. The van der Waals surface area contributed by atoms with Gasteiger partial charge in [-0.25, -0.2) is 24.9 Å². The Balaban J connectivity index is 1.11. The molecule has 0 radical (unpaired) electrons. The third-order valence-electron chi connectivity index (χ3n) is 8.30. The highest BCUT2D eigenvalue weighted by Crippen LogP contribution is 2.32. The Morgan fingerprint density at radius 3 is 2.47 bits per heavy atom. The molecule has 3 N–H and O–H groups in total. The van der Waals surface area contributed by atoms with Crippen molar-refractivity contribution in [3.05, 3.63) is 78.4 Å². The smallest absolute Gasteiger partial charge is 0.234 e. The molecule has 0 bridgehead atoms. The number of likely N-dealkylation sites (tertiary alicyclic amines) is 1. The van der Waals surface area contributed by atoms with E-state index < -0.39 is 0 Å². The summed E-state index contributed by atoms with van der Waals surface area (Å²) >= 11 is 0. The Kier molecular flexibility index (Phi) is 7.27. The van der Waals surface area contributed by atoms with Crippen LogP contribution in [-0.4, -0.2) is 66.6 Å². The first-order valence-corrected chi connectivity index (χ1v) is 14.8. The van der Waals surface area contributed by atoms with Gasteiger partial charge in [-0.15, -0.1) is 0 Å². The zero-order valence-corrected chi connectivity index (χ0v) is 23.9. The molecule has 7 rings (SSSR count). The van der Waals surface area contributed by atoms with Crippen molar-refractivity contribution in [2.24, 2.45) is 0 Å². The van der Waals surface area contributed by atoms with Crippen LogP contribution in [0.2, 0.25) is 0 Å². The third kappa shape index (κ3) is 5.57. The van der Waals surface area contributed by atoms with E-state index >= 15 is 0 Å². The van der Waals surface area contributed by atoms with Crippen LogP contribution in [0.15, 0.2) is 67.0 Å². The van der Waals surface area contributed by atoms with E-state index in [0.29, 0.717) is 17.7 Å². The van der Waals surface area contributed by atoms with Gasteiger partial charge in [-0.2, -0.15) is 5.26 Å². The van der Waals surface area contributed by atoms with Crippen LogP contribution in [0.5, 0.6) is 0 Å². The van der Waals surface area contributed by atoms with Gasteiger partial charge in [0.2, 0.25) is 5.82 Å². The highest BCUT2D eigenvalue weighted by molar-refractivity contribution is 5.84. The average molecular weight is 572 g/mol. The molecule has 216 valence electrons. The molecule has 6 heterocycles. The molecule has 43 heavy (non-hydrogen) atoms. The Hall–Kier alpha value is -5.08. The summed E-state index contributed by atoms with van der Waals surface area (Å²) in [6.07, 6.45) is 7.71. The van der Waals surface area contributed by atoms with Gasteiger partial charge in [0, 0.05) is 56.8 Å². The maximum absolute atomic E-state index is 9.06. The van der Waals surface area contributed by atoms with Gasteiger partial charge < -0.3 is 16.0 Å². The first kappa shape index (κ1) is 26.8. The Morgan fingerprint density at radius 1 is 0.884 bits per heavy atom. The van der Waals surface area contributed by atoms with Gasteiger partial charge in [0.1, 0.15) is 29.0 Å². The minimum atomic E-state index is 0.188. The van der Waals surface area contributed by atoms with Crippen molar-refractivity contribution in [3.63, 3.8) is 0 Å². The molecule has 2 aliphatic rings. The molecule has 2 saturated heterocycles. The van der Waals surface area contributed by atoms with Crippen molar-refractivity contribution in [1.82, 2.24) is 34.4 Å². The Labute approximate surface area is 250 Å². The maximum atomic E-state index is 9.06. The summed E-state index contributed by atoms with van der Waals surface area (Å²) in [6.45, 7) is 4.90. The Morgan fingerprint density at radius 2 is 1.70 bits per heavy atom. The van der Waals surface area contributed by atoms with Crippen molar-refractivity contribution in [2.75, 3.05) is 42.1 Å². The predicted octanol–water partition coefficient (Wildman–Crippen LogP) is 4.40. The van der Waals surface area contributed by atoms with Gasteiger partial charge in [0.15, 0.2) is 11.5 Å². The zero-order valence-electron chi connectivity index (χ0n) is 23.9. The fraction of sp³-hybridized carbons (Fsp3) is 0.312. The minimum absolute atomic E-state index is 0.188. The molecule has 0 spiro atoms. The van der Waals surface area contributed by atoms with Crippen LogP contribution >= 0.6 is 0 Å². The van der Waals surface area contributed by atoms with Crippen LogP contribution < -0.4 is 16.0 Å². The standard InChI is InChI=1S/C32H33N11/c33-20-28-35-15-11-27(39-28)37-23-12-18-41(19-13-23)21-22-5-7-24(8-6-22)43-31(25-4-3-14-36-30(25)34)38-26-9-10-29(40-32(26)43)42-16-1-2-17-42/h3-11,14-15,23H,1-2,12-13,16-19,21H2,(H2,34,36)(H,35,37,39). The summed E-state index contributed by atoms with van der Waals surface area (Å²) in [5.41, 5.74) is 11.0. The number of nitrogens with zero attached hydrogens (tertiary/aromatic N) is 9. The fourth-order valence-corrected chi connectivity index (χ4v) is 6.05. The Bertz CT molecular complexity index is 1780. The van der Waals surface area contributed by atoms with E-state index in [0.717, 1.165) is 79.6 Å². The molecule has 0 saturated carbocycles. The van der Waals surface area contributed by atoms with Crippen LogP contribution in [0, 0.1) is 11.3 Å². The van der Waals surface area contributed by atoms with Crippen LogP contribution in [-0.2, 0) is 6.54 Å². The number of pyridine rings is 2. The minimum Gasteiger partial charge on any atom is -0.383 e. The molecule has 2 fully saturated rings. The van der Waals surface area contributed by atoms with E-state index in [1.807, 2.05) is 24.3 Å². The molecule has 11 nitrogen and oxygen atoms in total. The van der Waals surface area contributed by atoms with Gasteiger partial charge in [-0.05, 0) is 73.7 Å². The van der Waals surface area contributed by atoms with Crippen molar-refractivity contribution < 1.29 is 0 Å². The number of anilines is 3. The number of nitriles is 1. The number of hydrogen-bond donors (Lipinski definition) is 2. The van der Waals surface area contributed by atoms with Crippen molar-refractivity contribution >= 4 is 28.6 Å². The highest BCUT2D eigenvalue weighted by Gasteiger charge is 2.22. The maximum Gasteiger partial charge on any atom is 0.234 e. The van der Waals surface area contributed by atoms with Crippen LogP contribution in [0.25, 0.3) is 28.2 Å². The molecule has 0 amide bonds. The lowest BCUT2D eigenvalue weighted by Gasteiger charge is -2.32. The molecular weight excluding hydrogens is 538 g/mol. The summed E-state index contributed by atoms with van der Waals surface area (Å²) in [5, 5.41) is 12.5. The normalized spacial score (nSPS) is 16.0. The monoisotopic (exact) mass is 571 g/mol. The van der Waals surface area contributed by atoms with Gasteiger partial charge in [-0.3, -0.25) is 9.47 Å². The molecule has 4 aromatic heterocycles. The van der Waals surface area contributed by atoms with Crippen molar-refractivity contribution in [3.8, 4) is 23.1 Å². The molecule has 0 atom stereocenters. The topological polar surface area (TPSA) is 138 Å². The van der Waals surface area contributed by atoms with Crippen molar-refractivity contribution in [2.45, 2.75) is 38.3 Å². The molecule has 2 aliphatic heterocycles. The van der Waals surface area contributed by atoms with E-state index in [1.165, 1.54) is 18.4 Å². The first-order valence-electron chi connectivity index (χ1n) is 14.8. The van der Waals surface area contributed by atoms with E-state index in [2.05, 4.69) is 71.0 Å². The van der Waals surface area contributed by atoms with Crippen molar-refractivity contribution in [1.29, 1.82) is 5.26 Å².